The zero-order valence-corrected chi connectivity index (χ0v) is 12.7. The molecule has 0 saturated heterocycles. The van der Waals surface area contributed by atoms with E-state index in [2.05, 4.69) is 22.1 Å². The summed E-state index contributed by atoms with van der Waals surface area (Å²) in [7, 11) is 0. The number of benzene rings is 1. The average molecular weight is 328 g/mol. The van der Waals surface area contributed by atoms with Crippen molar-refractivity contribution in [1.29, 1.82) is 0 Å². The van der Waals surface area contributed by atoms with Gasteiger partial charge < -0.3 is 10.1 Å². The van der Waals surface area contributed by atoms with E-state index < -0.39 is 24.5 Å². The van der Waals surface area contributed by atoms with Crippen molar-refractivity contribution in [3.05, 3.63) is 54.7 Å². The fraction of sp³-hybridized carbons (Fsp3) is 0.125. The smallest absolute Gasteiger partial charge is 0.356 e. The topological polar surface area (TPSA) is 113 Å². The summed E-state index contributed by atoms with van der Waals surface area (Å²) >= 11 is 0. The SMILES string of the molecule is C=CCNC(=O)NC(=O)COC(=O)c1cc(-c2ccccc2)n[nH]1. The number of esters is 1. The Labute approximate surface area is 137 Å². The molecule has 2 aromatic rings. The van der Waals surface area contributed by atoms with Crippen LogP contribution in [-0.2, 0) is 9.53 Å². The van der Waals surface area contributed by atoms with Crippen molar-refractivity contribution in [3.8, 4) is 11.3 Å². The van der Waals surface area contributed by atoms with Gasteiger partial charge in [0.15, 0.2) is 6.61 Å². The lowest BCUT2D eigenvalue weighted by Gasteiger charge is -2.05. The zero-order chi connectivity index (χ0) is 17.4. The van der Waals surface area contributed by atoms with Gasteiger partial charge in [0.25, 0.3) is 5.91 Å². The predicted molar refractivity (Wildman–Crippen MR) is 86.0 cm³/mol. The van der Waals surface area contributed by atoms with E-state index in [1.165, 1.54) is 12.1 Å². The first-order valence-electron chi connectivity index (χ1n) is 7.06. The van der Waals surface area contributed by atoms with Crippen LogP contribution >= 0.6 is 0 Å². The molecule has 0 aliphatic heterocycles. The Balaban J connectivity index is 1.85. The van der Waals surface area contributed by atoms with E-state index in [1.54, 1.807) is 0 Å². The molecule has 0 bridgehead atoms. The molecule has 0 atom stereocenters. The van der Waals surface area contributed by atoms with Gasteiger partial charge in [0.05, 0.1) is 5.69 Å². The van der Waals surface area contributed by atoms with Crippen LogP contribution in [0.1, 0.15) is 10.5 Å². The fourth-order valence-electron chi connectivity index (χ4n) is 1.76. The number of hydrogen-bond acceptors (Lipinski definition) is 5. The molecular weight excluding hydrogens is 312 g/mol. The molecule has 1 heterocycles. The highest BCUT2D eigenvalue weighted by molar-refractivity contribution is 5.96. The largest absolute Gasteiger partial charge is 0.451 e. The Morgan fingerprint density at radius 1 is 1.25 bits per heavy atom. The van der Waals surface area contributed by atoms with E-state index >= 15 is 0 Å². The van der Waals surface area contributed by atoms with Crippen LogP contribution in [0.2, 0.25) is 0 Å². The fourth-order valence-corrected chi connectivity index (χ4v) is 1.76. The normalized spacial score (nSPS) is 9.83. The molecule has 0 aliphatic rings. The summed E-state index contributed by atoms with van der Waals surface area (Å²) < 4.78 is 4.82. The van der Waals surface area contributed by atoms with Crippen LogP contribution < -0.4 is 10.6 Å². The van der Waals surface area contributed by atoms with Gasteiger partial charge in [-0.15, -0.1) is 6.58 Å². The molecule has 8 heteroatoms. The monoisotopic (exact) mass is 328 g/mol. The van der Waals surface area contributed by atoms with E-state index in [4.69, 9.17) is 4.74 Å². The molecule has 3 N–H and O–H groups in total. The number of H-pyrrole nitrogens is 1. The second-order valence-corrected chi connectivity index (χ2v) is 4.66. The molecule has 0 spiro atoms. The van der Waals surface area contributed by atoms with Crippen molar-refractivity contribution < 1.29 is 19.1 Å². The van der Waals surface area contributed by atoms with Crippen LogP contribution in [0.25, 0.3) is 11.3 Å². The van der Waals surface area contributed by atoms with Crippen molar-refractivity contribution in [2.45, 2.75) is 0 Å². The summed E-state index contributed by atoms with van der Waals surface area (Å²) in [6, 6.07) is 10.1. The van der Waals surface area contributed by atoms with Gasteiger partial charge in [-0.3, -0.25) is 15.2 Å². The van der Waals surface area contributed by atoms with Gasteiger partial charge in [-0.25, -0.2) is 9.59 Å². The number of aromatic nitrogens is 2. The second-order valence-electron chi connectivity index (χ2n) is 4.66. The van der Waals surface area contributed by atoms with Crippen molar-refractivity contribution in [1.82, 2.24) is 20.8 Å². The number of aromatic amines is 1. The minimum absolute atomic E-state index is 0.109. The van der Waals surface area contributed by atoms with E-state index in [0.717, 1.165) is 5.56 Å². The van der Waals surface area contributed by atoms with Crippen molar-refractivity contribution in [3.63, 3.8) is 0 Å². The Hall–Kier alpha value is -3.42. The summed E-state index contributed by atoms with van der Waals surface area (Å²) in [6.45, 7) is 3.06. The quantitative estimate of drug-likeness (QED) is 0.545. The molecule has 8 nitrogen and oxygen atoms in total. The summed E-state index contributed by atoms with van der Waals surface area (Å²) in [5.74, 6) is -1.49. The van der Waals surface area contributed by atoms with Crippen LogP contribution in [-0.4, -0.2) is 41.3 Å². The minimum Gasteiger partial charge on any atom is -0.451 e. The molecule has 0 aliphatic carbocycles. The predicted octanol–water partition coefficient (Wildman–Crippen LogP) is 1.25. The van der Waals surface area contributed by atoms with E-state index in [1.807, 2.05) is 35.6 Å². The highest BCUT2D eigenvalue weighted by atomic mass is 16.5. The number of hydrogen-bond donors (Lipinski definition) is 3. The number of carbonyl (C=O) groups is 3. The van der Waals surface area contributed by atoms with Crippen molar-refractivity contribution in [2.24, 2.45) is 0 Å². The van der Waals surface area contributed by atoms with Crippen LogP contribution in [0.15, 0.2) is 49.1 Å². The Bertz CT molecular complexity index is 740. The maximum atomic E-state index is 11.9. The van der Waals surface area contributed by atoms with Crippen LogP contribution in [0.4, 0.5) is 4.79 Å². The van der Waals surface area contributed by atoms with Gasteiger partial charge in [-0.05, 0) is 6.07 Å². The van der Waals surface area contributed by atoms with E-state index in [0.29, 0.717) is 5.69 Å². The number of ether oxygens (including phenoxy) is 1. The number of nitrogens with zero attached hydrogens (tertiary/aromatic N) is 1. The third-order valence-electron chi connectivity index (χ3n) is 2.86. The summed E-state index contributed by atoms with van der Waals surface area (Å²) in [5, 5.41) is 10.9. The van der Waals surface area contributed by atoms with Crippen molar-refractivity contribution >= 4 is 17.9 Å². The lowest BCUT2D eigenvalue weighted by Crippen LogP contribution is -2.41. The number of carbonyl (C=O) groups excluding carboxylic acids is 3. The first-order valence-corrected chi connectivity index (χ1v) is 7.06. The summed E-state index contributed by atoms with van der Waals surface area (Å²) in [4.78, 5) is 34.6. The lowest BCUT2D eigenvalue weighted by molar-refractivity contribution is -0.123. The number of rotatable bonds is 6. The van der Waals surface area contributed by atoms with Gasteiger partial charge in [-0.2, -0.15) is 5.10 Å². The molecular formula is C16H16N4O4. The van der Waals surface area contributed by atoms with E-state index in [-0.39, 0.29) is 12.2 Å². The van der Waals surface area contributed by atoms with Crippen LogP contribution in [0, 0.1) is 0 Å². The summed E-state index contributed by atoms with van der Waals surface area (Å²) in [6.07, 6.45) is 1.46. The number of imide groups is 1. The van der Waals surface area contributed by atoms with Gasteiger partial charge in [0.1, 0.15) is 5.69 Å². The van der Waals surface area contributed by atoms with Crippen LogP contribution in [0.3, 0.4) is 0 Å². The molecule has 0 saturated carbocycles. The standard InChI is InChI=1S/C16H16N4O4/c1-2-8-17-16(23)18-14(21)10-24-15(22)13-9-12(19-20-13)11-6-4-3-5-7-11/h2-7,9H,1,8,10H2,(H,19,20)(H2,17,18,21,23). The highest BCUT2D eigenvalue weighted by Crippen LogP contribution is 2.17. The Morgan fingerprint density at radius 3 is 2.71 bits per heavy atom. The molecule has 0 radical (unpaired) electrons. The van der Waals surface area contributed by atoms with Gasteiger partial charge in [-0.1, -0.05) is 36.4 Å². The molecule has 0 unspecified atom stereocenters. The molecule has 124 valence electrons. The first kappa shape index (κ1) is 16.9. The lowest BCUT2D eigenvalue weighted by atomic mass is 10.1. The third-order valence-corrected chi connectivity index (χ3v) is 2.86. The number of urea groups is 1. The highest BCUT2D eigenvalue weighted by Gasteiger charge is 2.15. The maximum Gasteiger partial charge on any atom is 0.356 e. The third kappa shape index (κ3) is 4.80. The second kappa shape index (κ2) is 8.28. The maximum absolute atomic E-state index is 11.9. The van der Waals surface area contributed by atoms with Crippen molar-refractivity contribution in [2.75, 3.05) is 13.2 Å². The number of amides is 3. The van der Waals surface area contributed by atoms with Gasteiger partial charge >= 0.3 is 12.0 Å². The molecule has 24 heavy (non-hydrogen) atoms. The van der Waals surface area contributed by atoms with Gasteiger partial charge in [0, 0.05) is 12.1 Å². The van der Waals surface area contributed by atoms with Crippen LogP contribution in [0.5, 0.6) is 0 Å². The average Bonchev–Trinajstić information content (AvgIpc) is 3.09. The molecule has 1 aromatic carbocycles. The molecule has 0 fully saturated rings. The van der Waals surface area contributed by atoms with Gasteiger partial charge in [0.2, 0.25) is 0 Å². The first-order chi connectivity index (χ1) is 11.6. The Kier molecular flexibility index (Phi) is 5.84. The molecule has 2 rings (SSSR count). The minimum atomic E-state index is -0.744. The van der Waals surface area contributed by atoms with E-state index in [9.17, 15) is 14.4 Å². The molecule has 3 amide bonds. The summed E-state index contributed by atoms with van der Waals surface area (Å²) in [5.41, 5.74) is 1.53. The molecule has 1 aromatic heterocycles. The Morgan fingerprint density at radius 2 is 2.00 bits per heavy atom. The number of nitrogens with one attached hydrogen (secondary N) is 3. The zero-order valence-electron chi connectivity index (χ0n) is 12.7.